The largest absolute Gasteiger partial charge is 1.00 e. The van der Waals surface area contributed by atoms with Crippen LogP contribution in [-0.4, -0.2) is 131 Å². The maximum absolute atomic E-state index is 12.1. The second-order valence-corrected chi connectivity index (χ2v) is 12.7. The van der Waals surface area contributed by atoms with Gasteiger partial charge in [0, 0.05) is 24.3 Å². The van der Waals surface area contributed by atoms with Gasteiger partial charge in [0.25, 0.3) is 0 Å². The molecule has 0 fully saturated rings. The van der Waals surface area contributed by atoms with Crippen molar-refractivity contribution in [3.8, 4) is 46.0 Å². The standard InChI is InChI=1S/C15H20O6.2C8H9ClO2.C7H12O4.C6H5ClO2.CH4.2Na.5H2O.H/c1-5-20-13(16)8-10-7-11(18-3)9-12(19-4)14(10)15(17)21-6-2;2*1-10-6-3-4-7(9)8(5-6)11-2;1-3-10-6(8)5-7(9)11-4-2;7-5-2-1-4(8)3-6(5)9;;;;;;;;;/h7,9H,5-6,8H2,1-4H3;2*3-5H,1-2H3;3-5H2,1-2H3;1-3,8-9H;1H4;;;5*1H2;/q;;;;;;2*+1;;;;;;-1/p-1. The minimum Gasteiger partial charge on any atom is -1.00 e. The van der Waals surface area contributed by atoms with E-state index in [2.05, 4.69) is 9.47 Å². The van der Waals surface area contributed by atoms with Gasteiger partial charge in [-0.05, 0) is 75.7 Å². The van der Waals surface area contributed by atoms with Gasteiger partial charge in [-0.25, -0.2) is 4.79 Å². The summed E-state index contributed by atoms with van der Waals surface area (Å²) in [7, 11) is 9.27. The van der Waals surface area contributed by atoms with Gasteiger partial charge in [0.05, 0.1) is 90.6 Å². The molecule has 0 amide bonds. The number of aromatic hydroxyl groups is 2. The molecule has 398 valence electrons. The van der Waals surface area contributed by atoms with Crippen molar-refractivity contribution >= 4 is 58.7 Å². The van der Waals surface area contributed by atoms with Crippen molar-refractivity contribution in [2.45, 2.75) is 48.0 Å². The van der Waals surface area contributed by atoms with Crippen molar-refractivity contribution in [1.82, 2.24) is 0 Å². The average molecular weight is 1100 g/mol. The summed E-state index contributed by atoms with van der Waals surface area (Å²) in [5.41, 5.74) is 0.663. The third-order valence-corrected chi connectivity index (χ3v) is 8.22. The number of carbonyl (C=O) groups excluding carboxylic acids is 4. The molecule has 0 spiro atoms. The molecular formula is C45H69Cl3Na2O21. The molecule has 4 aromatic carbocycles. The van der Waals surface area contributed by atoms with Crippen LogP contribution < -0.4 is 87.5 Å². The first-order chi connectivity index (χ1) is 30.0. The molecule has 4 rings (SSSR count). The molecule has 0 heterocycles. The number of phenols is 2. The van der Waals surface area contributed by atoms with E-state index in [0.717, 1.165) is 11.5 Å². The minimum atomic E-state index is -0.545. The fourth-order valence-electron chi connectivity index (χ4n) is 4.44. The van der Waals surface area contributed by atoms with Gasteiger partial charge in [0.2, 0.25) is 0 Å². The Balaban J connectivity index is -0.0000000836. The fourth-order valence-corrected chi connectivity index (χ4v) is 4.95. The fraction of sp³-hybridized carbons (Fsp3) is 0.378. The van der Waals surface area contributed by atoms with Gasteiger partial charge in [0.1, 0.15) is 58.0 Å². The SMILES string of the molecule is C.CCOC(=O)CC(=O)OCC.CCOC(=O)Cc1cc(OC)cc(OC)c1C(=O)OCC.COc1ccc(Cl)c(OC)c1.COc1ccc(Cl)c(OC)c1.O.O.O.O.Oc1ccc(Cl)c(O)c1.[H-].[Na+].[Na+].[OH-]. The monoisotopic (exact) mass is 1100 g/mol. The number of ether oxygens (including phenoxy) is 10. The third-order valence-electron chi connectivity index (χ3n) is 7.28. The molecule has 0 bridgehead atoms. The molecule has 0 aromatic heterocycles. The normalized spacial score (nSPS) is 8.41. The van der Waals surface area contributed by atoms with E-state index in [9.17, 15) is 19.2 Å². The quantitative estimate of drug-likeness (QED) is 0.0696. The molecule has 11 N–H and O–H groups in total. The second kappa shape index (κ2) is 50.8. The molecule has 0 aliphatic carbocycles. The summed E-state index contributed by atoms with van der Waals surface area (Å²) in [6.07, 6.45) is -0.350. The number of hydrogen-bond donors (Lipinski definition) is 2. The first-order valence-electron chi connectivity index (χ1n) is 18.8. The van der Waals surface area contributed by atoms with Gasteiger partial charge < -0.3 is 86.4 Å². The van der Waals surface area contributed by atoms with E-state index in [4.69, 9.17) is 82.9 Å². The molecule has 21 nitrogen and oxygen atoms in total. The van der Waals surface area contributed by atoms with Crippen LogP contribution in [0.15, 0.2) is 66.7 Å². The molecule has 0 atom stereocenters. The van der Waals surface area contributed by atoms with Crippen LogP contribution in [-0.2, 0) is 39.8 Å². The van der Waals surface area contributed by atoms with Crippen molar-refractivity contribution in [1.29, 1.82) is 0 Å². The molecule has 0 aliphatic rings. The van der Waals surface area contributed by atoms with E-state index >= 15 is 0 Å². The van der Waals surface area contributed by atoms with Crippen LogP contribution >= 0.6 is 34.8 Å². The van der Waals surface area contributed by atoms with Crippen LogP contribution in [0.25, 0.3) is 0 Å². The summed E-state index contributed by atoms with van der Waals surface area (Å²) in [5, 5.41) is 19.0. The first kappa shape index (κ1) is 86.6. The van der Waals surface area contributed by atoms with Crippen LogP contribution in [0.4, 0.5) is 0 Å². The Hall–Kier alpha value is -4.17. The number of benzene rings is 4. The molecule has 0 unspecified atom stereocenters. The summed E-state index contributed by atoms with van der Waals surface area (Å²) < 4.78 is 49.2. The number of hydrogen-bond acceptors (Lipinski definition) is 17. The zero-order chi connectivity index (χ0) is 47.9. The Morgan fingerprint density at radius 2 is 0.859 bits per heavy atom. The summed E-state index contributed by atoms with van der Waals surface area (Å²) >= 11 is 17.0. The van der Waals surface area contributed by atoms with Crippen LogP contribution in [0, 0.1) is 0 Å². The van der Waals surface area contributed by atoms with E-state index < -0.39 is 23.9 Å². The first-order valence-corrected chi connectivity index (χ1v) is 20.0. The molecule has 4 aromatic rings. The predicted molar refractivity (Wildman–Crippen MR) is 262 cm³/mol. The Kier molecular flexibility index (Phi) is 61.9. The summed E-state index contributed by atoms with van der Waals surface area (Å²) in [5.74, 6) is 1.39. The summed E-state index contributed by atoms with van der Waals surface area (Å²) in [4.78, 5) is 45.0. The van der Waals surface area contributed by atoms with Gasteiger partial charge >= 0.3 is 83.0 Å². The molecule has 0 saturated heterocycles. The Morgan fingerprint density at radius 3 is 1.20 bits per heavy atom. The van der Waals surface area contributed by atoms with Crippen LogP contribution in [0.5, 0.6) is 46.0 Å². The number of halogens is 3. The molecule has 0 saturated carbocycles. The number of esters is 4. The van der Waals surface area contributed by atoms with Gasteiger partial charge in [-0.1, -0.05) is 42.2 Å². The van der Waals surface area contributed by atoms with E-state index in [1.807, 2.05) is 0 Å². The van der Waals surface area contributed by atoms with Crippen molar-refractivity contribution in [3.63, 3.8) is 0 Å². The third kappa shape index (κ3) is 35.6. The smallest absolute Gasteiger partial charge is 1.00 e. The van der Waals surface area contributed by atoms with E-state index in [-0.39, 0.29) is 157 Å². The summed E-state index contributed by atoms with van der Waals surface area (Å²) in [6.45, 7) is 7.87. The van der Waals surface area contributed by atoms with Crippen molar-refractivity contribution in [2.24, 2.45) is 0 Å². The molecule has 71 heavy (non-hydrogen) atoms. The number of rotatable bonds is 15. The van der Waals surface area contributed by atoms with Crippen molar-refractivity contribution < 1.29 is 165 Å². The van der Waals surface area contributed by atoms with Gasteiger partial charge in [-0.15, -0.1) is 0 Å². The van der Waals surface area contributed by atoms with Crippen LogP contribution in [0.1, 0.15) is 58.9 Å². The Labute approximate surface area is 475 Å². The zero-order valence-corrected chi connectivity index (χ0v) is 47.6. The Bertz CT molecular complexity index is 1970. The van der Waals surface area contributed by atoms with Gasteiger partial charge in [-0.2, -0.15) is 0 Å². The van der Waals surface area contributed by atoms with Crippen molar-refractivity contribution in [2.75, 3.05) is 69.1 Å². The van der Waals surface area contributed by atoms with Crippen LogP contribution in [0.3, 0.4) is 0 Å². The predicted octanol–water partition coefficient (Wildman–Crippen LogP) is 0.235. The second-order valence-electron chi connectivity index (χ2n) is 11.5. The van der Waals surface area contributed by atoms with Gasteiger partial charge in [0.15, 0.2) is 0 Å². The number of phenolic OH excluding ortho intramolecular Hbond substituents is 2. The maximum Gasteiger partial charge on any atom is 1.00 e. The summed E-state index contributed by atoms with van der Waals surface area (Å²) in [6, 6.07) is 17.7. The average Bonchev–Trinajstić information content (AvgIpc) is 3.26. The van der Waals surface area contributed by atoms with E-state index in [1.54, 1.807) is 105 Å². The zero-order valence-electron chi connectivity index (χ0n) is 42.3. The topological polar surface area (TPSA) is 357 Å². The molecular weight excluding hydrogens is 1030 g/mol. The number of methoxy groups -OCH3 is 6. The van der Waals surface area contributed by atoms with Crippen molar-refractivity contribution in [3.05, 3.63) is 92.9 Å². The van der Waals surface area contributed by atoms with Crippen LogP contribution in [0.2, 0.25) is 15.1 Å². The van der Waals surface area contributed by atoms with Gasteiger partial charge in [-0.3, -0.25) is 14.4 Å². The Morgan fingerprint density at radius 1 is 0.493 bits per heavy atom. The van der Waals surface area contributed by atoms with E-state index in [1.165, 1.54) is 32.4 Å². The molecule has 0 radical (unpaired) electrons. The molecule has 0 aliphatic heterocycles. The minimum absolute atomic E-state index is 0. The molecule has 26 heteroatoms. The number of carbonyl (C=O) groups is 4. The van der Waals surface area contributed by atoms with E-state index in [0.29, 0.717) is 38.6 Å². The maximum atomic E-state index is 12.1.